The van der Waals surface area contributed by atoms with Gasteiger partial charge in [-0.1, -0.05) is 23.8 Å². The van der Waals surface area contributed by atoms with E-state index in [2.05, 4.69) is 5.32 Å². The summed E-state index contributed by atoms with van der Waals surface area (Å²) in [4.78, 5) is 12.8. The zero-order valence-electron chi connectivity index (χ0n) is 18.3. The van der Waals surface area contributed by atoms with Crippen LogP contribution in [0.2, 0.25) is 0 Å². The Balaban J connectivity index is 2.14. The molecule has 2 rings (SSSR count). The van der Waals surface area contributed by atoms with Gasteiger partial charge in [0.1, 0.15) is 24.1 Å². The van der Waals surface area contributed by atoms with E-state index >= 15 is 0 Å². The summed E-state index contributed by atoms with van der Waals surface area (Å²) in [5.74, 6) is 0.655. The first-order valence-corrected chi connectivity index (χ1v) is 11.5. The van der Waals surface area contributed by atoms with Gasteiger partial charge in [-0.15, -0.1) is 0 Å². The van der Waals surface area contributed by atoms with E-state index in [-0.39, 0.29) is 12.6 Å². The molecular weight excluding hydrogens is 404 g/mol. The summed E-state index contributed by atoms with van der Waals surface area (Å²) in [6.45, 7) is 7.44. The van der Waals surface area contributed by atoms with E-state index in [1.165, 1.54) is 7.11 Å². The molecule has 2 aromatic carbocycles. The maximum absolute atomic E-state index is 12.8. The minimum atomic E-state index is -3.75. The number of hydrogen-bond donors (Lipinski definition) is 1. The number of methoxy groups -OCH3 is 1. The summed E-state index contributed by atoms with van der Waals surface area (Å²) in [6, 6.07) is 11.5. The van der Waals surface area contributed by atoms with Crippen molar-refractivity contribution in [2.45, 2.75) is 39.8 Å². The van der Waals surface area contributed by atoms with Crippen LogP contribution in [-0.2, 0) is 14.8 Å². The summed E-state index contributed by atoms with van der Waals surface area (Å²) in [5, 5.41) is 2.82. The van der Waals surface area contributed by atoms with Gasteiger partial charge in [0.25, 0.3) is 0 Å². The number of nitrogens with one attached hydrogen (secondary N) is 1. The van der Waals surface area contributed by atoms with Gasteiger partial charge in [-0.25, -0.2) is 8.42 Å². The number of benzene rings is 2. The molecule has 0 heterocycles. The van der Waals surface area contributed by atoms with Crippen LogP contribution >= 0.6 is 0 Å². The molecule has 30 heavy (non-hydrogen) atoms. The lowest BCUT2D eigenvalue weighted by Crippen LogP contribution is -2.51. The Kier molecular flexibility index (Phi) is 7.72. The highest BCUT2D eigenvalue weighted by Gasteiger charge is 2.31. The van der Waals surface area contributed by atoms with Gasteiger partial charge in [-0.2, -0.15) is 0 Å². The van der Waals surface area contributed by atoms with Crippen LogP contribution in [0.4, 0.5) is 5.69 Å². The smallest absolute Gasteiger partial charge is 0.243 e. The van der Waals surface area contributed by atoms with E-state index in [0.717, 1.165) is 21.7 Å². The molecule has 0 saturated heterocycles. The molecule has 0 bridgehead atoms. The van der Waals surface area contributed by atoms with Crippen molar-refractivity contribution in [3.05, 3.63) is 53.6 Å². The van der Waals surface area contributed by atoms with E-state index in [4.69, 9.17) is 9.47 Å². The fraction of sp³-hybridized carbons (Fsp3) is 0.409. The van der Waals surface area contributed by atoms with Crippen molar-refractivity contribution in [2.75, 3.05) is 24.3 Å². The quantitative estimate of drug-likeness (QED) is 0.656. The second-order valence-electron chi connectivity index (χ2n) is 7.44. The molecule has 2 atom stereocenters. The van der Waals surface area contributed by atoms with Crippen molar-refractivity contribution in [1.82, 2.24) is 5.32 Å². The molecule has 164 valence electrons. The van der Waals surface area contributed by atoms with Crippen LogP contribution in [0.25, 0.3) is 0 Å². The van der Waals surface area contributed by atoms with Gasteiger partial charge >= 0.3 is 0 Å². The SMILES string of the molecule is COc1ccc(C)cc1N([C@@H](C)C(=O)N[C@H](C)COc1ccc(C)cc1)S(C)(=O)=O. The molecule has 0 aliphatic rings. The average molecular weight is 435 g/mol. The van der Waals surface area contributed by atoms with Crippen LogP contribution < -0.4 is 19.1 Å². The van der Waals surface area contributed by atoms with E-state index in [1.807, 2.05) is 44.2 Å². The number of carbonyl (C=O) groups excluding carboxylic acids is 1. The second-order valence-corrected chi connectivity index (χ2v) is 9.30. The average Bonchev–Trinajstić information content (AvgIpc) is 2.66. The Bertz CT molecular complexity index is 974. The Labute approximate surface area is 179 Å². The number of aryl methyl sites for hydroxylation is 2. The van der Waals surface area contributed by atoms with Crippen LogP contribution in [-0.4, -0.2) is 46.4 Å². The van der Waals surface area contributed by atoms with Crippen LogP contribution in [0.5, 0.6) is 11.5 Å². The van der Waals surface area contributed by atoms with Crippen molar-refractivity contribution in [1.29, 1.82) is 0 Å². The molecule has 0 radical (unpaired) electrons. The third-order valence-electron chi connectivity index (χ3n) is 4.57. The third kappa shape index (κ3) is 6.13. The molecule has 7 nitrogen and oxygen atoms in total. The van der Waals surface area contributed by atoms with Crippen molar-refractivity contribution < 1.29 is 22.7 Å². The zero-order chi connectivity index (χ0) is 22.5. The lowest BCUT2D eigenvalue weighted by atomic mass is 10.2. The number of amides is 1. The lowest BCUT2D eigenvalue weighted by Gasteiger charge is -2.30. The highest BCUT2D eigenvalue weighted by Crippen LogP contribution is 2.32. The number of nitrogens with zero attached hydrogens (tertiary/aromatic N) is 1. The van der Waals surface area contributed by atoms with Gasteiger partial charge in [0.05, 0.1) is 25.1 Å². The zero-order valence-corrected chi connectivity index (χ0v) is 19.1. The normalized spacial score (nSPS) is 13.3. The predicted octanol–water partition coefficient (Wildman–Crippen LogP) is 3.05. The summed E-state index contributed by atoms with van der Waals surface area (Å²) in [7, 11) is -2.28. The van der Waals surface area contributed by atoms with Crippen LogP contribution in [0.3, 0.4) is 0 Å². The molecular formula is C22H30N2O5S. The van der Waals surface area contributed by atoms with Gasteiger partial charge < -0.3 is 14.8 Å². The van der Waals surface area contributed by atoms with E-state index in [1.54, 1.807) is 26.0 Å². The number of anilines is 1. The topological polar surface area (TPSA) is 84.9 Å². The van der Waals surface area contributed by atoms with Crippen LogP contribution in [0.1, 0.15) is 25.0 Å². The molecule has 0 fully saturated rings. The molecule has 8 heteroatoms. The Morgan fingerprint density at radius 3 is 2.23 bits per heavy atom. The summed E-state index contributed by atoms with van der Waals surface area (Å²) in [5.41, 5.74) is 2.31. The maximum atomic E-state index is 12.8. The van der Waals surface area contributed by atoms with E-state index < -0.39 is 22.0 Å². The van der Waals surface area contributed by atoms with Crippen LogP contribution in [0.15, 0.2) is 42.5 Å². The van der Waals surface area contributed by atoms with Gasteiger partial charge in [-0.05, 0) is 57.5 Å². The number of rotatable bonds is 9. The summed E-state index contributed by atoms with van der Waals surface area (Å²) < 4.78 is 37.2. The lowest BCUT2D eigenvalue weighted by molar-refractivity contribution is -0.122. The Hall–Kier alpha value is -2.74. The molecule has 1 amide bonds. The monoisotopic (exact) mass is 434 g/mol. The Morgan fingerprint density at radius 2 is 1.67 bits per heavy atom. The van der Waals surface area contributed by atoms with E-state index in [9.17, 15) is 13.2 Å². The number of sulfonamides is 1. The first kappa shape index (κ1) is 23.5. The van der Waals surface area contributed by atoms with E-state index in [0.29, 0.717) is 17.2 Å². The molecule has 0 unspecified atom stereocenters. The maximum Gasteiger partial charge on any atom is 0.243 e. The largest absolute Gasteiger partial charge is 0.495 e. The van der Waals surface area contributed by atoms with Crippen molar-refractivity contribution in [3.8, 4) is 11.5 Å². The summed E-state index contributed by atoms with van der Waals surface area (Å²) in [6.07, 6.45) is 1.07. The number of carbonyl (C=O) groups is 1. The first-order chi connectivity index (χ1) is 14.0. The summed E-state index contributed by atoms with van der Waals surface area (Å²) >= 11 is 0. The second kappa shape index (κ2) is 9.84. The van der Waals surface area contributed by atoms with Gasteiger partial charge in [0.2, 0.25) is 15.9 Å². The highest BCUT2D eigenvalue weighted by molar-refractivity contribution is 7.92. The molecule has 2 aromatic rings. The standard InChI is InChI=1S/C22H30N2O5S/c1-15-7-10-19(11-8-15)29-14-17(3)23-22(25)18(4)24(30(6,26)27)20-13-16(2)9-12-21(20)28-5/h7-13,17-18H,14H2,1-6H3,(H,23,25)/t17-,18+/m1/s1. The molecule has 1 N–H and O–H groups in total. The molecule has 0 aliphatic carbocycles. The van der Waals surface area contributed by atoms with Crippen LogP contribution in [0, 0.1) is 13.8 Å². The highest BCUT2D eigenvalue weighted by atomic mass is 32.2. The van der Waals surface area contributed by atoms with Crippen molar-refractivity contribution in [2.24, 2.45) is 0 Å². The number of ether oxygens (including phenoxy) is 2. The molecule has 0 spiro atoms. The van der Waals surface area contributed by atoms with Crippen molar-refractivity contribution >= 4 is 21.6 Å². The minimum absolute atomic E-state index is 0.258. The fourth-order valence-electron chi connectivity index (χ4n) is 3.01. The predicted molar refractivity (Wildman–Crippen MR) is 119 cm³/mol. The molecule has 0 saturated carbocycles. The van der Waals surface area contributed by atoms with Crippen molar-refractivity contribution in [3.63, 3.8) is 0 Å². The molecule has 0 aromatic heterocycles. The third-order valence-corrected chi connectivity index (χ3v) is 5.80. The first-order valence-electron chi connectivity index (χ1n) is 9.66. The molecule has 0 aliphatic heterocycles. The minimum Gasteiger partial charge on any atom is -0.495 e. The number of hydrogen-bond acceptors (Lipinski definition) is 5. The Morgan fingerprint density at radius 1 is 1.07 bits per heavy atom. The van der Waals surface area contributed by atoms with Gasteiger partial charge in [-0.3, -0.25) is 9.10 Å². The fourth-order valence-corrected chi connectivity index (χ4v) is 4.18. The van der Waals surface area contributed by atoms with Gasteiger partial charge in [0.15, 0.2) is 0 Å². The van der Waals surface area contributed by atoms with Gasteiger partial charge in [0, 0.05) is 0 Å².